The van der Waals surface area contributed by atoms with E-state index in [2.05, 4.69) is 16.4 Å². The van der Waals surface area contributed by atoms with Gasteiger partial charge in [0.25, 0.3) is 0 Å². The molecule has 1 aliphatic heterocycles. The van der Waals surface area contributed by atoms with Crippen molar-refractivity contribution in [3.05, 3.63) is 17.6 Å². The van der Waals surface area contributed by atoms with Gasteiger partial charge in [-0.3, -0.25) is 0 Å². The van der Waals surface area contributed by atoms with Gasteiger partial charge in [0.05, 0.1) is 6.61 Å². The maximum Gasteiger partial charge on any atom is 0.136 e. The average molecular weight is 247 g/mol. The molecule has 0 radical (unpaired) electrons. The largest absolute Gasteiger partial charge is 0.381 e. The van der Waals surface area contributed by atoms with Gasteiger partial charge in [0.1, 0.15) is 11.6 Å². The van der Waals surface area contributed by atoms with Crippen molar-refractivity contribution in [1.29, 1.82) is 0 Å². The zero-order valence-electron chi connectivity index (χ0n) is 11.0. The summed E-state index contributed by atoms with van der Waals surface area (Å²) >= 11 is 0. The fourth-order valence-electron chi connectivity index (χ4n) is 2.96. The van der Waals surface area contributed by atoms with Gasteiger partial charge in [-0.05, 0) is 19.3 Å². The van der Waals surface area contributed by atoms with Crippen molar-refractivity contribution in [3.8, 4) is 0 Å². The maximum atomic E-state index is 5.45. The number of hydrogen-bond donors (Lipinski definition) is 1. The molecule has 1 saturated heterocycles. The molecule has 1 aromatic rings. The summed E-state index contributed by atoms with van der Waals surface area (Å²) in [5.74, 6) is 2.95. The average Bonchev–Trinajstić information content (AvgIpc) is 3.10. The standard InChI is InChI=1S/C14H21N3O/c1-15-13-8-12(10-4-2-3-5-10)16-14(17-13)11-6-7-18-9-11/h8,10-11H,2-7,9H2,1H3,(H,15,16,17). The summed E-state index contributed by atoms with van der Waals surface area (Å²) in [4.78, 5) is 9.42. The van der Waals surface area contributed by atoms with Crippen molar-refractivity contribution < 1.29 is 4.74 Å². The quantitative estimate of drug-likeness (QED) is 0.892. The fourth-order valence-corrected chi connectivity index (χ4v) is 2.96. The van der Waals surface area contributed by atoms with Gasteiger partial charge in [0.2, 0.25) is 0 Å². The van der Waals surface area contributed by atoms with Gasteiger partial charge in [-0.25, -0.2) is 9.97 Å². The zero-order valence-corrected chi connectivity index (χ0v) is 11.0. The molecule has 2 aliphatic rings. The Bertz CT molecular complexity index is 375. The summed E-state index contributed by atoms with van der Waals surface area (Å²) in [6.07, 6.45) is 6.29. The van der Waals surface area contributed by atoms with Crippen LogP contribution in [0.15, 0.2) is 6.07 Å². The molecule has 1 aliphatic carbocycles. The first-order valence-corrected chi connectivity index (χ1v) is 7.01. The first-order valence-electron chi connectivity index (χ1n) is 7.01. The molecule has 1 aromatic heterocycles. The normalized spacial score (nSPS) is 24.6. The van der Waals surface area contributed by atoms with E-state index >= 15 is 0 Å². The third-order valence-corrected chi connectivity index (χ3v) is 4.09. The molecule has 4 nitrogen and oxygen atoms in total. The molecule has 0 spiro atoms. The van der Waals surface area contributed by atoms with Crippen molar-refractivity contribution >= 4 is 5.82 Å². The molecule has 98 valence electrons. The number of nitrogens with one attached hydrogen (secondary N) is 1. The number of ether oxygens (including phenoxy) is 1. The highest BCUT2D eigenvalue weighted by Crippen LogP contribution is 2.34. The molecule has 1 N–H and O–H groups in total. The van der Waals surface area contributed by atoms with Crippen LogP contribution in [-0.2, 0) is 4.74 Å². The third kappa shape index (κ3) is 2.34. The van der Waals surface area contributed by atoms with Gasteiger partial charge in [-0.15, -0.1) is 0 Å². The Hall–Kier alpha value is -1.16. The Labute approximate surface area is 108 Å². The topological polar surface area (TPSA) is 47.0 Å². The minimum atomic E-state index is 0.387. The molecule has 0 aromatic carbocycles. The van der Waals surface area contributed by atoms with Crippen LogP contribution >= 0.6 is 0 Å². The highest BCUT2D eigenvalue weighted by molar-refractivity contribution is 5.37. The third-order valence-electron chi connectivity index (χ3n) is 4.09. The van der Waals surface area contributed by atoms with Crippen molar-refractivity contribution in [1.82, 2.24) is 9.97 Å². The number of aromatic nitrogens is 2. The minimum Gasteiger partial charge on any atom is -0.381 e. The lowest BCUT2D eigenvalue weighted by atomic mass is 10.0. The Morgan fingerprint density at radius 1 is 1.17 bits per heavy atom. The van der Waals surface area contributed by atoms with Crippen LogP contribution in [0.25, 0.3) is 0 Å². The molecule has 0 amide bonds. The number of anilines is 1. The van der Waals surface area contributed by atoms with Gasteiger partial charge in [0.15, 0.2) is 0 Å². The molecular weight excluding hydrogens is 226 g/mol. The lowest BCUT2D eigenvalue weighted by molar-refractivity contribution is 0.193. The van der Waals surface area contributed by atoms with Crippen molar-refractivity contribution in [2.24, 2.45) is 0 Å². The predicted molar refractivity (Wildman–Crippen MR) is 71.0 cm³/mol. The number of rotatable bonds is 3. The van der Waals surface area contributed by atoms with Crippen LogP contribution < -0.4 is 5.32 Å². The number of nitrogens with zero attached hydrogens (tertiary/aromatic N) is 2. The Kier molecular flexibility index (Phi) is 3.46. The molecule has 0 bridgehead atoms. The zero-order chi connectivity index (χ0) is 12.4. The van der Waals surface area contributed by atoms with E-state index in [9.17, 15) is 0 Å². The molecule has 1 atom stereocenters. The second kappa shape index (κ2) is 5.22. The SMILES string of the molecule is CNc1cc(C2CCCC2)nc(C2CCOC2)n1. The van der Waals surface area contributed by atoms with E-state index in [1.807, 2.05) is 7.05 Å². The van der Waals surface area contributed by atoms with Crippen LogP contribution in [0, 0.1) is 0 Å². The van der Waals surface area contributed by atoms with Crippen LogP contribution in [0.3, 0.4) is 0 Å². The summed E-state index contributed by atoms with van der Waals surface area (Å²) in [6.45, 7) is 1.62. The van der Waals surface area contributed by atoms with Gasteiger partial charge < -0.3 is 10.1 Å². The lowest BCUT2D eigenvalue weighted by Crippen LogP contribution is -2.10. The van der Waals surface area contributed by atoms with Crippen LogP contribution in [0.1, 0.15) is 55.5 Å². The Morgan fingerprint density at radius 2 is 2.00 bits per heavy atom. The summed E-state index contributed by atoms with van der Waals surface area (Å²) in [5, 5.41) is 3.16. The minimum absolute atomic E-state index is 0.387. The molecule has 18 heavy (non-hydrogen) atoms. The summed E-state index contributed by atoms with van der Waals surface area (Å²) in [5.41, 5.74) is 1.23. The number of hydrogen-bond acceptors (Lipinski definition) is 4. The van der Waals surface area contributed by atoms with E-state index in [-0.39, 0.29) is 0 Å². The van der Waals surface area contributed by atoms with E-state index in [0.717, 1.165) is 31.3 Å². The maximum absolute atomic E-state index is 5.45. The summed E-state index contributed by atoms with van der Waals surface area (Å²) in [7, 11) is 1.93. The molecule has 1 unspecified atom stereocenters. The summed E-state index contributed by atoms with van der Waals surface area (Å²) < 4.78 is 5.45. The van der Waals surface area contributed by atoms with Crippen LogP contribution in [0.4, 0.5) is 5.82 Å². The first-order chi connectivity index (χ1) is 8.86. The van der Waals surface area contributed by atoms with Crippen molar-refractivity contribution in [3.63, 3.8) is 0 Å². The van der Waals surface area contributed by atoms with E-state index in [1.54, 1.807) is 0 Å². The second-order valence-electron chi connectivity index (χ2n) is 5.33. The molecule has 3 rings (SSSR count). The summed E-state index contributed by atoms with van der Waals surface area (Å²) in [6, 6.07) is 2.12. The Balaban J connectivity index is 1.90. The predicted octanol–water partition coefficient (Wildman–Crippen LogP) is 2.68. The van der Waals surface area contributed by atoms with Crippen molar-refractivity contribution in [2.45, 2.75) is 43.9 Å². The van der Waals surface area contributed by atoms with E-state index < -0.39 is 0 Å². The van der Waals surface area contributed by atoms with E-state index in [1.165, 1.54) is 31.4 Å². The first kappa shape index (κ1) is 11.9. The highest BCUT2D eigenvalue weighted by Gasteiger charge is 2.24. The Morgan fingerprint density at radius 3 is 2.67 bits per heavy atom. The molecular formula is C14H21N3O. The molecule has 2 fully saturated rings. The van der Waals surface area contributed by atoms with Gasteiger partial charge >= 0.3 is 0 Å². The van der Waals surface area contributed by atoms with Gasteiger partial charge in [0, 0.05) is 37.3 Å². The smallest absolute Gasteiger partial charge is 0.136 e. The van der Waals surface area contributed by atoms with Crippen LogP contribution in [0.2, 0.25) is 0 Å². The molecule has 1 saturated carbocycles. The van der Waals surface area contributed by atoms with Gasteiger partial charge in [-0.2, -0.15) is 0 Å². The van der Waals surface area contributed by atoms with E-state index in [0.29, 0.717) is 11.8 Å². The second-order valence-corrected chi connectivity index (χ2v) is 5.33. The highest BCUT2D eigenvalue weighted by atomic mass is 16.5. The van der Waals surface area contributed by atoms with Crippen molar-refractivity contribution in [2.75, 3.05) is 25.6 Å². The fraction of sp³-hybridized carbons (Fsp3) is 0.714. The van der Waals surface area contributed by atoms with E-state index in [4.69, 9.17) is 9.72 Å². The molecule has 4 heteroatoms. The monoisotopic (exact) mass is 247 g/mol. The molecule has 2 heterocycles. The van der Waals surface area contributed by atoms with Gasteiger partial charge in [-0.1, -0.05) is 12.8 Å². The van der Waals surface area contributed by atoms with Crippen LogP contribution in [-0.4, -0.2) is 30.2 Å². The van der Waals surface area contributed by atoms with Crippen LogP contribution in [0.5, 0.6) is 0 Å². The lowest BCUT2D eigenvalue weighted by Gasteiger charge is -2.14.